The normalized spacial score (nSPS) is 13.1. The van der Waals surface area contributed by atoms with Gasteiger partial charge in [0.05, 0.1) is 0 Å². The molecule has 2 aromatic carbocycles. The van der Waals surface area contributed by atoms with Gasteiger partial charge in [0.25, 0.3) is 8.32 Å². The van der Waals surface area contributed by atoms with E-state index in [1.165, 1.54) is 193 Å². The van der Waals surface area contributed by atoms with Crippen LogP contribution in [-0.4, -0.2) is 13.1 Å². The molecule has 0 spiro atoms. The van der Waals surface area contributed by atoms with Crippen molar-refractivity contribution in [3.05, 3.63) is 85.0 Å². The third kappa shape index (κ3) is 27.1. The Bertz CT molecular complexity index is 1250. The second kappa shape index (κ2) is 32.7. The lowest BCUT2D eigenvalue weighted by Gasteiger charge is -2.43. The first-order valence-corrected chi connectivity index (χ1v) is 28.3. The molecule has 1 nitrogen and oxygen atoms in total. The summed E-state index contributed by atoms with van der Waals surface area (Å²) in [4.78, 5) is 12.9. The van der Waals surface area contributed by atoms with E-state index in [9.17, 15) is 4.80 Å². The summed E-state index contributed by atoms with van der Waals surface area (Å²) >= 11 is 0. The molecule has 2 heteroatoms. The second-order valence-electron chi connectivity index (χ2n) is 22.5. The van der Waals surface area contributed by atoms with Crippen molar-refractivity contribution in [3.8, 4) is 0 Å². The molecule has 0 saturated carbocycles. The van der Waals surface area contributed by atoms with E-state index in [1.54, 1.807) is 0 Å². The van der Waals surface area contributed by atoms with E-state index in [-0.39, 0.29) is 5.04 Å². The molecule has 2 aromatic rings. The van der Waals surface area contributed by atoms with E-state index in [1.807, 2.05) is 0 Å². The fraction of sp³-hybridized carbons (Fsp3) is 0.729. The van der Waals surface area contributed by atoms with Crippen LogP contribution in [0.1, 0.15) is 254 Å². The average molecular weight is 856 g/mol. The highest BCUT2D eigenvalue weighted by molar-refractivity contribution is 6.98. The lowest BCUT2D eigenvalue weighted by Crippen LogP contribution is -2.65. The van der Waals surface area contributed by atoms with Crippen molar-refractivity contribution in [3.63, 3.8) is 0 Å². The molecule has 61 heavy (non-hydrogen) atoms. The number of benzene rings is 2. The molecule has 0 heterocycles. The topological polar surface area (TPSA) is 20.2 Å². The zero-order chi connectivity index (χ0) is 44.6. The molecule has 0 aromatic heterocycles. The second-order valence-corrected chi connectivity index (χ2v) is 26.4. The van der Waals surface area contributed by atoms with Crippen molar-refractivity contribution in [2.75, 3.05) is 0 Å². The first-order chi connectivity index (χ1) is 29.2. The molecule has 0 aliphatic carbocycles. The molecule has 0 amide bonds. The van der Waals surface area contributed by atoms with Gasteiger partial charge in [-0.15, -0.1) is 0 Å². The predicted octanol–water partition coefficient (Wildman–Crippen LogP) is 18.4. The Labute approximate surface area is 383 Å². The summed E-state index contributed by atoms with van der Waals surface area (Å²) in [7, 11) is -3.00. The SMILES string of the molecule is CC(C)(C)CCCCCCC/C=C\CCCCCCCCC(CCCCCCCC/C=C\CCCCCCCC(C)(C)C)CC(C)(C)[Si](O)(c1ccccc1)c1ccccc1. The van der Waals surface area contributed by atoms with Gasteiger partial charge in [-0.1, -0.05) is 269 Å². The molecular formula is C59H102OSi. The Morgan fingerprint density at radius 2 is 0.672 bits per heavy atom. The molecule has 0 bridgehead atoms. The fourth-order valence-corrected chi connectivity index (χ4v) is 13.5. The summed E-state index contributed by atoms with van der Waals surface area (Å²) in [6.45, 7) is 18.9. The van der Waals surface area contributed by atoms with Gasteiger partial charge in [0, 0.05) is 0 Å². The first kappa shape index (κ1) is 55.2. The number of hydrogen-bond donors (Lipinski definition) is 1. The smallest absolute Gasteiger partial charge is 0.258 e. The molecule has 2 rings (SSSR count). The standard InChI is InChI=1S/C59H102OSi/c1-57(2,3)51-43-33-29-25-21-17-13-9-11-15-19-23-27-31-37-45-54(53-59(7,8)61(60,55-47-39-35-40-48-55)56-49-41-36-42-50-56)46-38-32-28-24-20-16-12-10-14-18-22-26-30-34-44-52-58(4,5)6/h9-10,13-14,35-36,39-42,47-50,54,60H,11-12,15-34,37-38,43-46,51-53H2,1-8H3/b13-9-,14-10-. The third-order valence-electron chi connectivity index (χ3n) is 13.6. The van der Waals surface area contributed by atoms with E-state index in [2.05, 4.69) is 140 Å². The molecule has 0 radical (unpaired) electrons. The van der Waals surface area contributed by atoms with E-state index in [0.717, 1.165) is 16.8 Å². The van der Waals surface area contributed by atoms with Gasteiger partial charge >= 0.3 is 0 Å². The van der Waals surface area contributed by atoms with Crippen LogP contribution in [0.3, 0.4) is 0 Å². The summed E-state index contributed by atoms with van der Waals surface area (Å²) in [5.41, 5.74) is 0.989. The summed E-state index contributed by atoms with van der Waals surface area (Å²) < 4.78 is 0. The van der Waals surface area contributed by atoms with Gasteiger partial charge < -0.3 is 4.80 Å². The zero-order valence-electron chi connectivity index (χ0n) is 42.0. The minimum absolute atomic E-state index is 0.167. The molecule has 348 valence electrons. The maximum absolute atomic E-state index is 12.9. The Morgan fingerprint density at radius 3 is 0.984 bits per heavy atom. The van der Waals surface area contributed by atoms with Crippen molar-refractivity contribution in [2.45, 2.75) is 259 Å². The zero-order valence-corrected chi connectivity index (χ0v) is 43.0. The molecule has 0 unspecified atom stereocenters. The molecular weight excluding hydrogens is 753 g/mol. The van der Waals surface area contributed by atoms with Crippen molar-refractivity contribution in [1.29, 1.82) is 0 Å². The minimum Gasteiger partial charge on any atom is -0.424 e. The van der Waals surface area contributed by atoms with Crippen molar-refractivity contribution in [2.24, 2.45) is 16.7 Å². The average Bonchev–Trinajstić information content (AvgIpc) is 3.22. The number of hydrogen-bond acceptors (Lipinski definition) is 1. The third-order valence-corrected chi connectivity index (χ3v) is 18.1. The van der Waals surface area contributed by atoms with E-state index < -0.39 is 8.32 Å². The largest absolute Gasteiger partial charge is 0.424 e. The number of unbranched alkanes of at least 4 members (excludes halogenated alkanes) is 22. The van der Waals surface area contributed by atoms with Gasteiger partial charge in [0.2, 0.25) is 0 Å². The van der Waals surface area contributed by atoms with Crippen molar-refractivity contribution < 1.29 is 4.80 Å². The maximum atomic E-state index is 12.9. The van der Waals surface area contributed by atoms with Crippen LogP contribution in [0.25, 0.3) is 0 Å². The van der Waals surface area contributed by atoms with Gasteiger partial charge in [0.15, 0.2) is 0 Å². The van der Waals surface area contributed by atoms with Crippen LogP contribution < -0.4 is 10.4 Å². The van der Waals surface area contributed by atoms with Gasteiger partial charge in [0.1, 0.15) is 0 Å². The first-order valence-electron chi connectivity index (χ1n) is 26.4. The Morgan fingerprint density at radius 1 is 0.393 bits per heavy atom. The molecule has 0 fully saturated rings. The summed E-state index contributed by atoms with van der Waals surface area (Å²) in [5.74, 6) is 0.670. The van der Waals surface area contributed by atoms with Crippen LogP contribution in [0.4, 0.5) is 0 Å². The van der Waals surface area contributed by atoms with Crippen LogP contribution in [-0.2, 0) is 0 Å². The van der Waals surface area contributed by atoms with Crippen LogP contribution in [0.15, 0.2) is 85.0 Å². The monoisotopic (exact) mass is 855 g/mol. The highest BCUT2D eigenvalue weighted by Gasteiger charge is 2.50. The lowest BCUT2D eigenvalue weighted by molar-refractivity contribution is 0.326. The van der Waals surface area contributed by atoms with Gasteiger partial charge in [-0.05, 0) is 103 Å². The van der Waals surface area contributed by atoms with E-state index >= 15 is 0 Å². The fourth-order valence-electron chi connectivity index (χ4n) is 9.70. The van der Waals surface area contributed by atoms with Gasteiger partial charge in [-0.25, -0.2) is 0 Å². The highest BCUT2D eigenvalue weighted by atomic mass is 28.4. The van der Waals surface area contributed by atoms with E-state index in [0.29, 0.717) is 16.7 Å². The minimum atomic E-state index is -3.00. The van der Waals surface area contributed by atoms with Crippen LogP contribution in [0.5, 0.6) is 0 Å². The molecule has 0 atom stereocenters. The van der Waals surface area contributed by atoms with Crippen molar-refractivity contribution in [1.82, 2.24) is 0 Å². The Hall–Kier alpha value is -1.90. The molecule has 0 aliphatic heterocycles. The summed E-state index contributed by atoms with van der Waals surface area (Å²) in [6.07, 6.45) is 51.5. The Kier molecular flexibility index (Phi) is 29.6. The maximum Gasteiger partial charge on any atom is 0.258 e. The van der Waals surface area contributed by atoms with Crippen LogP contribution in [0.2, 0.25) is 5.04 Å². The van der Waals surface area contributed by atoms with Gasteiger partial charge in [-0.2, -0.15) is 0 Å². The lowest BCUT2D eigenvalue weighted by atomic mass is 9.87. The van der Waals surface area contributed by atoms with E-state index in [4.69, 9.17) is 0 Å². The Balaban J connectivity index is 1.74. The summed E-state index contributed by atoms with van der Waals surface area (Å²) in [5, 5.41) is 2.14. The van der Waals surface area contributed by atoms with Gasteiger partial charge in [-0.3, -0.25) is 0 Å². The predicted molar refractivity (Wildman–Crippen MR) is 278 cm³/mol. The summed E-state index contributed by atoms with van der Waals surface area (Å²) in [6, 6.07) is 21.4. The highest BCUT2D eigenvalue weighted by Crippen LogP contribution is 2.44. The molecule has 1 N–H and O–H groups in total. The quantitative estimate of drug-likeness (QED) is 0.0408. The van der Waals surface area contributed by atoms with Crippen LogP contribution >= 0.6 is 0 Å². The van der Waals surface area contributed by atoms with Crippen molar-refractivity contribution >= 4 is 18.7 Å². The van der Waals surface area contributed by atoms with Crippen LogP contribution in [0, 0.1) is 16.7 Å². The molecule has 0 saturated heterocycles. The number of rotatable bonds is 37. The number of allylic oxidation sites excluding steroid dienone is 4. The molecule has 0 aliphatic rings.